The lowest BCUT2D eigenvalue weighted by Crippen LogP contribution is -2.31. The third-order valence-corrected chi connectivity index (χ3v) is 8.77. The Balaban J connectivity index is 1.45. The number of benzene rings is 2. The summed E-state index contributed by atoms with van der Waals surface area (Å²) >= 11 is 5.21. The number of aryl methyl sites for hydroxylation is 1. The molecule has 2 aromatic carbocycles. The highest BCUT2D eigenvalue weighted by atomic mass is 79.9. The Hall–Kier alpha value is -3.35. The minimum atomic E-state index is 0.456. The van der Waals surface area contributed by atoms with Gasteiger partial charge < -0.3 is 29.5 Å². The highest BCUT2D eigenvalue weighted by molar-refractivity contribution is 9.10. The molecule has 12 heteroatoms. The van der Waals surface area contributed by atoms with Crippen LogP contribution in [0.2, 0.25) is 0 Å². The number of ether oxygens (including phenoxy) is 1. The van der Waals surface area contributed by atoms with E-state index in [0.29, 0.717) is 17.8 Å². The van der Waals surface area contributed by atoms with Crippen LogP contribution in [0.4, 0.5) is 34.5 Å². The van der Waals surface area contributed by atoms with Gasteiger partial charge in [-0.15, -0.1) is 0 Å². The molecule has 3 heterocycles. The summed E-state index contributed by atoms with van der Waals surface area (Å²) in [7, 11) is 8.01. The number of methoxy groups -OCH3 is 1. The van der Waals surface area contributed by atoms with Crippen LogP contribution in [-0.4, -0.2) is 78.5 Å². The molecule has 0 radical (unpaired) electrons. The van der Waals surface area contributed by atoms with Crippen molar-refractivity contribution >= 4 is 73.4 Å². The first-order valence-corrected chi connectivity index (χ1v) is 15.5. The number of hydrogen-bond acceptors (Lipinski definition) is 11. The average Bonchev–Trinajstić information content (AvgIpc) is 3.49. The molecule has 1 aliphatic rings. The molecule has 0 saturated carbocycles. The summed E-state index contributed by atoms with van der Waals surface area (Å²) in [5.41, 5.74) is 6.72. The van der Waals surface area contributed by atoms with E-state index in [-0.39, 0.29) is 0 Å². The van der Waals surface area contributed by atoms with Crippen LogP contribution in [0.5, 0.6) is 5.75 Å². The molecule has 1 aliphatic heterocycles. The van der Waals surface area contributed by atoms with Gasteiger partial charge in [-0.3, -0.25) is 9.97 Å². The molecule has 0 bridgehead atoms. The van der Waals surface area contributed by atoms with Crippen molar-refractivity contribution in [3.05, 3.63) is 52.9 Å². The standard InChI is InChI=1S/C29H36BrN9OS/c1-7-18-14-23(25(40-5)15-24(18)39-13-10-19(17-39)37(2)3)35-29-33-16-20(30)28(36-29)34-22-9-8-21-26(32-12-11-31-21)27(22)38(4)41-6/h8-9,11-12,14-16,19H,7,10,13,17H2,1-6H3,(H2,33,34,35,36). The van der Waals surface area contributed by atoms with Gasteiger partial charge in [0.25, 0.3) is 0 Å². The maximum absolute atomic E-state index is 5.84. The summed E-state index contributed by atoms with van der Waals surface area (Å²) in [6, 6.07) is 8.80. The Bertz CT molecular complexity index is 1540. The van der Waals surface area contributed by atoms with Crippen LogP contribution in [0.25, 0.3) is 11.0 Å². The third kappa shape index (κ3) is 6.14. The van der Waals surface area contributed by atoms with Crippen molar-refractivity contribution in [2.24, 2.45) is 0 Å². The Morgan fingerprint density at radius 2 is 1.90 bits per heavy atom. The van der Waals surface area contributed by atoms with E-state index in [9.17, 15) is 0 Å². The number of nitrogens with one attached hydrogen (secondary N) is 2. The third-order valence-electron chi connectivity index (χ3n) is 7.46. The van der Waals surface area contributed by atoms with Gasteiger partial charge in [0.2, 0.25) is 5.95 Å². The van der Waals surface area contributed by atoms with E-state index in [1.807, 2.05) is 25.4 Å². The molecule has 216 valence electrons. The van der Waals surface area contributed by atoms with Crippen LogP contribution in [0.15, 0.2) is 47.3 Å². The van der Waals surface area contributed by atoms with Crippen LogP contribution in [0.3, 0.4) is 0 Å². The molecule has 1 saturated heterocycles. The lowest BCUT2D eigenvalue weighted by atomic mass is 10.1. The molecule has 0 aliphatic carbocycles. The zero-order valence-corrected chi connectivity index (χ0v) is 26.7. The number of anilines is 6. The second-order valence-electron chi connectivity index (χ2n) is 10.1. The van der Waals surface area contributed by atoms with Gasteiger partial charge >= 0.3 is 0 Å². The molecule has 2 aromatic heterocycles. The summed E-state index contributed by atoms with van der Waals surface area (Å²) < 4.78 is 8.64. The number of rotatable bonds is 10. The van der Waals surface area contributed by atoms with E-state index in [4.69, 9.17) is 9.72 Å². The van der Waals surface area contributed by atoms with Crippen LogP contribution < -0.4 is 24.6 Å². The van der Waals surface area contributed by atoms with Crippen molar-refractivity contribution in [2.45, 2.75) is 25.8 Å². The number of halogens is 1. The number of likely N-dealkylation sites (N-methyl/N-ethyl adjacent to an activating group) is 1. The van der Waals surface area contributed by atoms with Crippen molar-refractivity contribution in [1.82, 2.24) is 24.8 Å². The molecule has 1 atom stereocenters. The van der Waals surface area contributed by atoms with E-state index in [1.54, 1.807) is 37.6 Å². The highest BCUT2D eigenvalue weighted by Crippen LogP contribution is 2.39. The Kier molecular flexibility index (Phi) is 9.00. The first-order chi connectivity index (χ1) is 19.8. The Labute approximate surface area is 254 Å². The van der Waals surface area contributed by atoms with Crippen LogP contribution >= 0.6 is 27.9 Å². The molecule has 2 N–H and O–H groups in total. The number of aromatic nitrogens is 4. The summed E-state index contributed by atoms with van der Waals surface area (Å²) in [6.45, 7) is 4.23. The fourth-order valence-electron chi connectivity index (χ4n) is 5.14. The average molecular weight is 639 g/mol. The molecule has 10 nitrogen and oxygen atoms in total. The smallest absolute Gasteiger partial charge is 0.229 e. The van der Waals surface area contributed by atoms with E-state index >= 15 is 0 Å². The van der Waals surface area contributed by atoms with Crippen LogP contribution in [0, 0.1) is 0 Å². The van der Waals surface area contributed by atoms with E-state index in [2.05, 4.69) is 88.8 Å². The van der Waals surface area contributed by atoms with Gasteiger partial charge in [-0.1, -0.05) is 18.9 Å². The van der Waals surface area contributed by atoms with Crippen molar-refractivity contribution in [2.75, 3.05) is 67.4 Å². The number of hydrogen-bond donors (Lipinski definition) is 2. The van der Waals surface area contributed by atoms with Gasteiger partial charge in [-0.05, 0) is 66.6 Å². The van der Waals surface area contributed by atoms with Crippen molar-refractivity contribution in [3.8, 4) is 5.75 Å². The predicted molar refractivity (Wildman–Crippen MR) is 174 cm³/mol. The van der Waals surface area contributed by atoms with E-state index in [1.165, 1.54) is 11.3 Å². The molecule has 0 spiro atoms. The molecule has 5 rings (SSSR count). The monoisotopic (exact) mass is 637 g/mol. The molecular weight excluding hydrogens is 602 g/mol. The number of nitrogens with zero attached hydrogens (tertiary/aromatic N) is 7. The minimum Gasteiger partial charge on any atom is -0.494 e. The van der Waals surface area contributed by atoms with Crippen LogP contribution in [0.1, 0.15) is 18.9 Å². The van der Waals surface area contributed by atoms with Gasteiger partial charge in [0.1, 0.15) is 17.1 Å². The fraction of sp³-hybridized carbons (Fsp3) is 0.379. The molecule has 41 heavy (non-hydrogen) atoms. The largest absolute Gasteiger partial charge is 0.494 e. The summed E-state index contributed by atoms with van der Waals surface area (Å²) in [5.74, 6) is 1.83. The van der Waals surface area contributed by atoms with Crippen molar-refractivity contribution in [3.63, 3.8) is 0 Å². The molecular formula is C29H36BrN9OS. The normalized spacial score (nSPS) is 15.0. The predicted octanol–water partition coefficient (Wildman–Crippen LogP) is 6.10. The zero-order chi connectivity index (χ0) is 29.1. The zero-order valence-electron chi connectivity index (χ0n) is 24.3. The van der Waals surface area contributed by atoms with Gasteiger partial charge in [0, 0.05) is 62.8 Å². The van der Waals surface area contributed by atoms with E-state index in [0.717, 1.165) is 64.2 Å². The lowest BCUT2D eigenvalue weighted by molar-refractivity contribution is 0.315. The second-order valence-corrected chi connectivity index (χ2v) is 11.9. The fourth-order valence-corrected chi connectivity index (χ4v) is 5.79. The summed E-state index contributed by atoms with van der Waals surface area (Å²) in [5, 5.41) is 6.89. The molecule has 1 fully saturated rings. The lowest BCUT2D eigenvalue weighted by Gasteiger charge is -2.25. The van der Waals surface area contributed by atoms with Crippen molar-refractivity contribution < 1.29 is 4.74 Å². The second kappa shape index (κ2) is 12.7. The highest BCUT2D eigenvalue weighted by Gasteiger charge is 2.26. The van der Waals surface area contributed by atoms with E-state index < -0.39 is 0 Å². The SMILES string of the molecule is CCc1cc(Nc2ncc(Br)c(Nc3ccc4nccnc4c3N(C)SC)n2)c(OC)cc1N1CCC(N(C)C)C1. The molecule has 4 aromatic rings. The summed E-state index contributed by atoms with van der Waals surface area (Å²) in [6.07, 6.45) is 9.23. The quantitative estimate of drug-likeness (QED) is 0.198. The Morgan fingerprint density at radius 3 is 2.61 bits per heavy atom. The van der Waals surface area contributed by atoms with Gasteiger partial charge in [-0.25, -0.2) is 4.98 Å². The van der Waals surface area contributed by atoms with Crippen molar-refractivity contribution in [1.29, 1.82) is 0 Å². The maximum atomic E-state index is 5.84. The maximum Gasteiger partial charge on any atom is 0.229 e. The molecule has 1 unspecified atom stereocenters. The van der Waals surface area contributed by atoms with Gasteiger partial charge in [0.05, 0.1) is 34.2 Å². The first kappa shape index (κ1) is 29.2. The topological polar surface area (TPSA) is 94.6 Å². The van der Waals surface area contributed by atoms with Gasteiger partial charge in [-0.2, -0.15) is 4.98 Å². The molecule has 0 amide bonds. The van der Waals surface area contributed by atoms with Crippen LogP contribution in [-0.2, 0) is 6.42 Å². The first-order valence-electron chi connectivity index (χ1n) is 13.5. The Morgan fingerprint density at radius 1 is 1.10 bits per heavy atom. The summed E-state index contributed by atoms with van der Waals surface area (Å²) in [4.78, 5) is 23.2. The van der Waals surface area contributed by atoms with Gasteiger partial charge in [0.15, 0.2) is 0 Å². The minimum absolute atomic E-state index is 0.456. The number of fused-ring (bicyclic) bond motifs is 1.